The first-order valence-corrected chi connectivity index (χ1v) is 4.01. The Morgan fingerprint density at radius 3 is 2.53 bits per heavy atom. The van der Waals surface area contributed by atoms with Gasteiger partial charge in [-0.2, -0.15) is 0 Å². The molecule has 0 saturated heterocycles. The summed E-state index contributed by atoms with van der Waals surface area (Å²) in [6.45, 7) is 0. The topological polar surface area (TPSA) is 96.7 Å². The first kappa shape index (κ1) is 11.1. The highest BCUT2D eigenvalue weighted by Gasteiger charge is 2.17. The number of ether oxygens (including phenoxy) is 1. The number of pyridine rings is 1. The molecular weight excluding hydrogens is 202 g/mol. The SMILES string of the molecule is COC(=O)c1ccc(C(O)C(=O)O)nc1. The summed E-state index contributed by atoms with van der Waals surface area (Å²) in [5, 5.41) is 17.6. The number of carboxylic acid groups (broad SMARTS) is 1. The van der Waals surface area contributed by atoms with Crippen LogP contribution in [0.2, 0.25) is 0 Å². The number of aliphatic hydroxyl groups excluding tert-OH is 1. The van der Waals surface area contributed by atoms with Gasteiger partial charge in [0.2, 0.25) is 0 Å². The van der Waals surface area contributed by atoms with E-state index in [0.717, 1.165) is 6.20 Å². The normalized spacial score (nSPS) is 11.9. The van der Waals surface area contributed by atoms with Crippen LogP contribution in [0.3, 0.4) is 0 Å². The smallest absolute Gasteiger partial charge is 0.339 e. The molecule has 15 heavy (non-hydrogen) atoms. The van der Waals surface area contributed by atoms with E-state index in [2.05, 4.69) is 9.72 Å². The molecule has 0 radical (unpaired) electrons. The van der Waals surface area contributed by atoms with Crippen LogP contribution in [0.1, 0.15) is 22.2 Å². The van der Waals surface area contributed by atoms with E-state index in [-0.39, 0.29) is 11.3 Å². The fourth-order valence-corrected chi connectivity index (χ4v) is 0.932. The third kappa shape index (κ3) is 2.50. The van der Waals surface area contributed by atoms with Crippen LogP contribution in [-0.2, 0) is 9.53 Å². The molecule has 0 aromatic carbocycles. The van der Waals surface area contributed by atoms with E-state index < -0.39 is 18.0 Å². The van der Waals surface area contributed by atoms with Crippen LogP contribution in [-0.4, -0.2) is 34.2 Å². The first-order chi connectivity index (χ1) is 7.06. The number of carboxylic acids is 1. The second-order valence-electron chi connectivity index (χ2n) is 2.70. The molecule has 1 heterocycles. The molecule has 1 aromatic rings. The quantitative estimate of drug-likeness (QED) is 0.682. The zero-order valence-electron chi connectivity index (χ0n) is 7.88. The van der Waals surface area contributed by atoms with Crippen LogP contribution in [0, 0.1) is 0 Å². The number of carbonyl (C=O) groups excluding carboxylic acids is 1. The van der Waals surface area contributed by atoms with Gasteiger partial charge in [-0.05, 0) is 12.1 Å². The van der Waals surface area contributed by atoms with Gasteiger partial charge >= 0.3 is 11.9 Å². The number of hydrogen-bond acceptors (Lipinski definition) is 5. The molecule has 0 bridgehead atoms. The van der Waals surface area contributed by atoms with E-state index in [1.54, 1.807) is 0 Å². The Kier molecular flexibility index (Phi) is 3.35. The van der Waals surface area contributed by atoms with Gasteiger partial charge in [0.25, 0.3) is 0 Å². The fraction of sp³-hybridized carbons (Fsp3) is 0.222. The Morgan fingerprint density at radius 2 is 2.13 bits per heavy atom. The fourth-order valence-electron chi connectivity index (χ4n) is 0.932. The van der Waals surface area contributed by atoms with E-state index in [9.17, 15) is 9.59 Å². The summed E-state index contributed by atoms with van der Waals surface area (Å²) in [4.78, 5) is 25.0. The summed E-state index contributed by atoms with van der Waals surface area (Å²) in [5.74, 6) is -1.97. The zero-order chi connectivity index (χ0) is 11.4. The molecule has 0 aliphatic carbocycles. The van der Waals surface area contributed by atoms with Crippen LogP contribution in [0.15, 0.2) is 18.3 Å². The van der Waals surface area contributed by atoms with Gasteiger partial charge < -0.3 is 14.9 Å². The second kappa shape index (κ2) is 4.52. The highest BCUT2D eigenvalue weighted by Crippen LogP contribution is 2.10. The van der Waals surface area contributed by atoms with Crippen LogP contribution in [0.25, 0.3) is 0 Å². The molecule has 0 aliphatic heterocycles. The summed E-state index contributed by atoms with van der Waals surface area (Å²) in [7, 11) is 1.22. The van der Waals surface area contributed by atoms with Crippen molar-refractivity contribution in [2.75, 3.05) is 7.11 Å². The molecule has 0 aliphatic rings. The summed E-state index contributed by atoms with van der Waals surface area (Å²) in [6, 6.07) is 2.59. The van der Waals surface area contributed by atoms with Crippen LogP contribution in [0.5, 0.6) is 0 Å². The Labute approximate surface area is 85.1 Å². The van der Waals surface area contributed by atoms with Gasteiger partial charge in [-0.15, -0.1) is 0 Å². The van der Waals surface area contributed by atoms with E-state index in [0.29, 0.717) is 0 Å². The van der Waals surface area contributed by atoms with E-state index in [1.807, 2.05) is 0 Å². The third-order valence-corrected chi connectivity index (χ3v) is 1.72. The lowest BCUT2D eigenvalue weighted by Crippen LogP contribution is -2.12. The third-order valence-electron chi connectivity index (χ3n) is 1.72. The number of aromatic nitrogens is 1. The predicted octanol–water partition coefficient (Wildman–Crippen LogP) is -0.0138. The number of methoxy groups -OCH3 is 1. The highest BCUT2D eigenvalue weighted by molar-refractivity contribution is 5.88. The van der Waals surface area contributed by atoms with Crippen molar-refractivity contribution in [2.24, 2.45) is 0 Å². The predicted molar refractivity (Wildman–Crippen MR) is 48.2 cm³/mol. The largest absolute Gasteiger partial charge is 0.479 e. The summed E-state index contributed by atoms with van der Waals surface area (Å²) in [5.41, 5.74) is 0.161. The van der Waals surface area contributed by atoms with Gasteiger partial charge in [0.05, 0.1) is 18.4 Å². The van der Waals surface area contributed by atoms with Crippen molar-refractivity contribution >= 4 is 11.9 Å². The molecule has 1 rings (SSSR count). The second-order valence-corrected chi connectivity index (χ2v) is 2.70. The number of aliphatic carboxylic acids is 1. The summed E-state index contributed by atoms with van der Waals surface area (Å²) in [6.07, 6.45) is -0.537. The molecule has 80 valence electrons. The van der Waals surface area contributed by atoms with Crippen molar-refractivity contribution < 1.29 is 24.5 Å². The number of nitrogens with zero attached hydrogens (tertiary/aromatic N) is 1. The molecule has 0 spiro atoms. The Balaban J connectivity index is 2.90. The van der Waals surface area contributed by atoms with Crippen molar-refractivity contribution in [3.63, 3.8) is 0 Å². The van der Waals surface area contributed by atoms with E-state index >= 15 is 0 Å². The van der Waals surface area contributed by atoms with Gasteiger partial charge in [0.15, 0.2) is 6.10 Å². The monoisotopic (exact) mass is 211 g/mol. The lowest BCUT2D eigenvalue weighted by Gasteiger charge is -2.04. The first-order valence-electron chi connectivity index (χ1n) is 4.01. The summed E-state index contributed by atoms with van der Waals surface area (Å²) < 4.78 is 4.43. The van der Waals surface area contributed by atoms with Crippen LogP contribution >= 0.6 is 0 Å². The zero-order valence-corrected chi connectivity index (χ0v) is 7.88. The summed E-state index contributed by atoms with van der Waals surface area (Å²) >= 11 is 0. The van der Waals surface area contributed by atoms with Crippen molar-refractivity contribution in [3.05, 3.63) is 29.6 Å². The van der Waals surface area contributed by atoms with E-state index in [4.69, 9.17) is 10.2 Å². The molecule has 1 unspecified atom stereocenters. The average molecular weight is 211 g/mol. The standard InChI is InChI=1S/C9H9NO5/c1-15-9(14)5-2-3-6(10-4-5)7(11)8(12)13/h2-4,7,11H,1H3,(H,12,13). The lowest BCUT2D eigenvalue weighted by molar-refractivity contribution is -0.147. The molecule has 6 nitrogen and oxygen atoms in total. The minimum atomic E-state index is -1.68. The maximum Gasteiger partial charge on any atom is 0.339 e. The molecule has 1 aromatic heterocycles. The number of rotatable bonds is 3. The molecular formula is C9H9NO5. The lowest BCUT2D eigenvalue weighted by atomic mass is 10.2. The van der Waals surface area contributed by atoms with Gasteiger partial charge in [-0.1, -0.05) is 0 Å². The Bertz CT molecular complexity index is 373. The number of aliphatic hydroxyl groups is 1. The maximum atomic E-state index is 11.0. The molecule has 0 fully saturated rings. The molecule has 1 atom stereocenters. The van der Waals surface area contributed by atoms with E-state index in [1.165, 1.54) is 19.2 Å². The van der Waals surface area contributed by atoms with Crippen molar-refractivity contribution in [2.45, 2.75) is 6.10 Å². The molecule has 2 N–H and O–H groups in total. The van der Waals surface area contributed by atoms with Gasteiger partial charge in [-0.3, -0.25) is 4.98 Å². The van der Waals surface area contributed by atoms with Crippen LogP contribution < -0.4 is 0 Å². The number of esters is 1. The van der Waals surface area contributed by atoms with Gasteiger partial charge in [0.1, 0.15) is 0 Å². The maximum absolute atomic E-state index is 11.0. The minimum Gasteiger partial charge on any atom is -0.479 e. The minimum absolute atomic E-state index is 0.0323. The highest BCUT2D eigenvalue weighted by atomic mass is 16.5. The molecule has 0 saturated carbocycles. The van der Waals surface area contributed by atoms with Crippen LogP contribution in [0.4, 0.5) is 0 Å². The van der Waals surface area contributed by atoms with Crippen molar-refractivity contribution in [1.29, 1.82) is 0 Å². The molecule has 6 heteroatoms. The Morgan fingerprint density at radius 1 is 1.47 bits per heavy atom. The number of hydrogen-bond donors (Lipinski definition) is 2. The molecule has 0 amide bonds. The number of carbonyl (C=O) groups is 2. The van der Waals surface area contributed by atoms with Crippen molar-refractivity contribution in [3.8, 4) is 0 Å². The van der Waals surface area contributed by atoms with Crippen molar-refractivity contribution in [1.82, 2.24) is 4.98 Å². The van der Waals surface area contributed by atoms with Gasteiger partial charge in [-0.25, -0.2) is 9.59 Å². The average Bonchev–Trinajstić information content (AvgIpc) is 2.27. The van der Waals surface area contributed by atoms with Gasteiger partial charge in [0, 0.05) is 6.20 Å². The Hall–Kier alpha value is -1.95.